The van der Waals surface area contributed by atoms with Crippen LogP contribution in [0.2, 0.25) is 0 Å². The van der Waals surface area contributed by atoms with E-state index in [1.165, 1.54) is 11.8 Å². The van der Waals surface area contributed by atoms with Crippen molar-refractivity contribution in [3.63, 3.8) is 0 Å². The fourth-order valence-corrected chi connectivity index (χ4v) is 3.60. The minimum Gasteiger partial charge on any atom is -0.481 e. The summed E-state index contributed by atoms with van der Waals surface area (Å²) in [6.07, 6.45) is 1.66. The first-order chi connectivity index (χ1) is 15.3. The lowest BCUT2D eigenvalue weighted by atomic mass is 10.3. The van der Waals surface area contributed by atoms with Crippen molar-refractivity contribution >= 4 is 47.2 Å². The van der Waals surface area contributed by atoms with Crippen LogP contribution >= 0.6 is 23.5 Å². The van der Waals surface area contributed by atoms with Gasteiger partial charge in [0.2, 0.25) is 5.88 Å². The number of pyridine rings is 2. The standard InChI is InChI=1S/C18H22N8O2S2.C2H4/c1-11(25-26(3)4)22-17(27)16-13(29-12-6-8-14(28-5)21-10-12)7-9-15(23-16)30-18(19)24-20-2;1-2/h6-10H,2H2,1,3-5H3,(H2,19,24)(H,22,25,27);1-2H2. The normalized spacial score (nSPS) is 11.1. The number of nitrogens with one attached hydrogen (secondary N) is 1. The van der Waals surface area contributed by atoms with Crippen LogP contribution in [-0.4, -0.2) is 59.8 Å². The van der Waals surface area contributed by atoms with E-state index in [0.717, 1.165) is 16.7 Å². The number of thioether (sulfide) groups is 1. The Morgan fingerprint density at radius 1 is 1.25 bits per heavy atom. The summed E-state index contributed by atoms with van der Waals surface area (Å²) in [6.45, 7) is 11.0. The molecule has 0 aliphatic rings. The fourth-order valence-electron chi connectivity index (χ4n) is 2.15. The number of rotatable bonds is 7. The molecule has 0 saturated carbocycles. The number of carbonyl (C=O) groups is 1. The van der Waals surface area contributed by atoms with Crippen LogP contribution in [0.5, 0.6) is 5.88 Å². The molecule has 2 heterocycles. The molecule has 0 aromatic carbocycles. The number of aromatic nitrogens is 2. The number of hydrogen-bond acceptors (Lipinski definition) is 10. The molecule has 32 heavy (non-hydrogen) atoms. The van der Waals surface area contributed by atoms with Gasteiger partial charge in [-0.25, -0.2) is 9.97 Å². The van der Waals surface area contributed by atoms with Gasteiger partial charge in [0.25, 0.3) is 5.91 Å². The quantitative estimate of drug-likeness (QED) is 0.206. The number of nitrogens with zero attached hydrogens (tertiary/aromatic N) is 6. The zero-order chi connectivity index (χ0) is 24.1. The lowest BCUT2D eigenvalue weighted by Gasteiger charge is -2.12. The van der Waals surface area contributed by atoms with Gasteiger partial charge in [-0.3, -0.25) is 4.79 Å². The molecule has 2 aromatic heterocycles. The van der Waals surface area contributed by atoms with Crippen molar-refractivity contribution in [2.75, 3.05) is 21.2 Å². The summed E-state index contributed by atoms with van der Waals surface area (Å²) in [4.78, 5) is 23.0. The maximum atomic E-state index is 12.9. The predicted octanol–water partition coefficient (Wildman–Crippen LogP) is 3.09. The molecule has 0 unspecified atom stereocenters. The van der Waals surface area contributed by atoms with Crippen LogP contribution in [0.1, 0.15) is 17.4 Å². The molecule has 0 fully saturated rings. The van der Waals surface area contributed by atoms with Crippen molar-refractivity contribution in [3.05, 3.63) is 49.3 Å². The second-order valence-corrected chi connectivity index (χ2v) is 7.96. The highest BCUT2D eigenvalue weighted by atomic mass is 32.2. The van der Waals surface area contributed by atoms with Gasteiger partial charge in [-0.2, -0.15) is 10.2 Å². The predicted molar refractivity (Wildman–Crippen MR) is 132 cm³/mol. The molecule has 0 aliphatic heterocycles. The first kappa shape index (κ1) is 26.7. The van der Waals surface area contributed by atoms with Gasteiger partial charge in [0.15, 0.2) is 5.17 Å². The molecule has 2 aromatic rings. The first-order valence-electron chi connectivity index (χ1n) is 9.02. The van der Waals surface area contributed by atoms with Gasteiger partial charge in [-0.05, 0) is 36.9 Å². The zero-order valence-electron chi connectivity index (χ0n) is 18.4. The number of amidine groups is 2. The van der Waals surface area contributed by atoms with Crippen molar-refractivity contribution in [1.29, 1.82) is 0 Å². The van der Waals surface area contributed by atoms with Gasteiger partial charge in [0.05, 0.1) is 7.11 Å². The summed E-state index contributed by atoms with van der Waals surface area (Å²) in [5, 5.41) is 16.2. The highest BCUT2D eigenvalue weighted by Crippen LogP contribution is 2.31. The summed E-state index contributed by atoms with van der Waals surface area (Å²) in [7, 11) is 5.07. The largest absolute Gasteiger partial charge is 0.481 e. The third kappa shape index (κ3) is 8.78. The number of hydrazone groups is 1. The molecule has 170 valence electrons. The zero-order valence-corrected chi connectivity index (χ0v) is 20.0. The van der Waals surface area contributed by atoms with Crippen molar-refractivity contribution in [3.8, 4) is 5.88 Å². The van der Waals surface area contributed by atoms with E-state index < -0.39 is 5.91 Å². The van der Waals surface area contributed by atoms with Gasteiger partial charge in [0.1, 0.15) is 16.6 Å². The molecule has 12 heteroatoms. The molecule has 1 amide bonds. The lowest BCUT2D eigenvalue weighted by Crippen LogP contribution is -2.31. The van der Waals surface area contributed by atoms with Crippen LogP contribution < -0.4 is 15.8 Å². The molecule has 10 nitrogen and oxygen atoms in total. The van der Waals surface area contributed by atoms with E-state index in [1.807, 2.05) is 6.07 Å². The van der Waals surface area contributed by atoms with Crippen molar-refractivity contribution in [1.82, 2.24) is 20.3 Å². The summed E-state index contributed by atoms with van der Waals surface area (Å²) < 4.78 is 5.08. The SMILES string of the molecule is C=C.C=N/N=C(\N)Sc1ccc(Sc2ccc(OC)nc2)c(C(=O)N/C(C)=N/N(C)C)n1. The highest BCUT2D eigenvalue weighted by molar-refractivity contribution is 8.13. The molecule has 3 N–H and O–H groups in total. The Bertz CT molecular complexity index is 978. The van der Waals surface area contributed by atoms with Crippen LogP contribution in [0, 0.1) is 0 Å². The van der Waals surface area contributed by atoms with E-state index in [2.05, 4.69) is 50.5 Å². The van der Waals surface area contributed by atoms with Crippen LogP contribution in [0.25, 0.3) is 0 Å². The van der Waals surface area contributed by atoms with E-state index in [1.54, 1.807) is 57.5 Å². The Balaban J connectivity index is 0.00000249. The smallest absolute Gasteiger partial charge is 0.276 e. The molecule has 0 bridgehead atoms. The number of amides is 1. The first-order valence-corrected chi connectivity index (χ1v) is 10.7. The second-order valence-electron chi connectivity index (χ2n) is 5.80. The third-order valence-electron chi connectivity index (χ3n) is 3.22. The fraction of sp³-hybridized carbons (Fsp3) is 0.200. The number of methoxy groups -OCH3 is 1. The number of carbonyl (C=O) groups excluding carboxylic acids is 1. The molecule has 0 aliphatic carbocycles. The number of ether oxygens (including phenoxy) is 1. The number of hydrogen-bond donors (Lipinski definition) is 2. The summed E-state index contributed by atoms with van der Waals surface area (Å²) in [5.74, 6) is 0.536. The maximum absolute atomic E-state index is 12.9. The monoisotopic (exact) mass is 474 g/mol. The van der Waals surface area contributed by atoms with Gasteiger partial charge in [0, 0.05) is 42.9 Å². The van der Waals surface area contributed by atoms with Crippen molar-refractivity contribution in [2.45, 2.75) is 21.7 Å². The average Bonchev–Trinajstić information content (AvgIpc) is 2.76. The third-order valence-corrected chi connectivity index (χ3v) is 4.97. The van der Waals surface area contributed by atoms with Gasteiger partial charge < -0.3 is 20.8 Å². The number of nitrogens with two attached hydrogens (primary N) is 1. The summed E-state index contributed by atoms with van der Waals surface area (Å²) in [5.41, 5.74) is 5.97. The molecular weight excluding hydrogens is 448 g/mol. The van der Waals surface area contributed by atoms with E-state index in [4.69, 9.17) is 10.5 Å². The van der Waals surface area contributed by atoms with Crippen molar-refractivity contribution < 1.29 is 9.53 Å². The Kier molecular flexibility index (Phi) is 11.5. The van der Waals surface area contributed by atoms with E-state index >= 15 is 0 Å². The summed E-state index contributed by atoms with van der Waals surface area (Å²) >= 11 is 2.43. The van der Waals surface area contributed by atoms with E-state index in [0.29, 0.717) is 21.6 Å². The molecule has 2 rings (SSSR count). The topological polar surface area (TPSA) is 130 Å². The second kappa shape index (κ2) is 13.8. The Labute approximate surface area is 196 Å². The minimum absolute atomic E-state index is 0.161. The van der Waals surface area contributed by atoms with E-state index in [9.17, 15) is 4.79 Å². The Hall–Kier alpha value is -3.38. The molecule has 0 atom stereocenters. The highest BCUT2D eigenvalue weighted by Gasteiger charge is 2.17. The van der Waals surface area contributed by atoms with Crippen LogP contribution in [-0.2, 0) is 0 Å². The van der Waals surface area contributed by atoms with Crippen LogP contribution in [0.15, 0.2) is 73.7 Å². The molecule has 0 radical (unpaired) electrons. The van der Waals surface area contributed by atoms with Crippen LogP contribution in [0.4, 0.5) is 0 Å². The molecule has 0 saturated heterocycles. The molecule has 0 spiro atoms. The minimum atomic E-state index is -0.401. The summed E-state index contributed by atoms with van der Waals surface area (Å²) in [6, 6.07) is 7.12. The van der Waals surface area contributed by atoms with E-state index in [-0.39, 0.29) is 10.9 Å². The maximum Gasteiger partial charge on any atom is 0.276 e. The van der Waals surface area contributed by atoms with Gasteiger partial charge in [-0.1, -0.05) is 11.8 Å². The van der Waals surface area contributed by atoms with Gasteiger partial charge in [-0.15, -0.1) is 18.3 Å². The Morgan fingerprint density at radius 3 is 2.53 bits per heavy atom. The van der Waals surface area contributed by atoms with Crippen LogP contribution in [0.3, 0.4) is 0 Å². The average molecular weight is 475 g/mol. The lowest BCUT2D eigenvalue weighted by molar-refractivity contribution is 0.0967. The Morgan fingerprint density at radius 2 is 1.97 bits per heavy atom. The van der Waals surface area contributed by atoms with Crippen molar-refractivity contribution in [2.24, 2.45) is 21.0 Å². The van der Waals surface area contributed by atoms with Gasteiger partial charge >= 0.3 is 0 Å². The molecular formula is C20H26N8O2S2.